The molecule has 29 heavy (non-hydrogen) atoms. The van der Waals surface area contributed by atoms with Crippen LogP contribution in [0.4, 0.5) is 9.18 Å². The zero-order valence-electron chi connectivity index (χ0n) is 16.8. The van der Waals surface area contributed by atoms with Crippen LogP contribution in [-0.2, 0) is 19.4 Å². The van der Waals surface area contributed by atoms with Crippen molar-refractivity contribution in [2.45, 2.75) is 52.3 Å². The number of nitrogens with one attached hydrogen (secondary N) is 1. The summed E-state index contributed by atoms with van der Waals surface area (Å²) in [4.78, 5) is 23.6. The lowest BCUT2D eigenvalue weighted by Gasteiger charge is -2.31. The maximum Gasteiger partial charge on any atom is 0.318 e. The molecule has 156 valence electrons. The number of aliphatic hydroxyl groups excluding tert-OH is 1. The minimum atomic E-state index is -0.877. The van der Waals surface area contributed by atoms with Gasteiger partial charge in [0.15, 0.2) is 0 Å². The molecule has 2 atom stereocenters. The molecule has 1 aromatic heterocycles. The standard InChI is InChI=1S/C21H26ClFN4O2/c1-12(2)8-19-24-10-15-6-7-27(11-18(15)25-19)21(29)26-20(13(3)28)14-4-5-17(23)16(22)9-14/h4-5,9-10,12-13,20,28H,6-8,11H2,1-3H3,(H,26,29)/t13-,20-/m1/s1. The normalized spacial score (nSPS) is 15.8. The number of urea groups is 1. The van der Waals surface area contributed by atoms with Crippen LogP contribution in [0, 0.1) is 11.7 Å². The lowest BCUT2D eigenvalue weighted by molar-refractivity contribution is 0.134. The molecule has 0 saturated heterocycles. The van der Waals surface area contributed by atoms with Crippen LogP contribution in [0.15, 0.2) is 24.4 Å². The van der Waals surface area contributed by atoms with E-state index >= 15 is 0 Å². The van der Waals surface area contributed by atoms with Crippen LogP contribution in [-0.4, -0.2) is 38.7 Å². The van der Waals surface area contributed by atoms with Crippen LogP contribution in [0.3, 0.4) is 0 Å². The first-order valence-electron chi connectivity index (χ1n) is 9.76. The Kier molecular flexibility index (Phi) is 6.70. The lowest BCUT2D eigenvalue weighted by Crippen LogP contribution is -2.46. The molecule has 0 spiro atoms. The lowest BCUT2D eigenvalue weighted by atomic mass is 10.0. The molecule has 0 fully saturated rings. The van der Waals surface area contributed by atoms with Gasteiger partial charge in [-0.25, -0.2) is 19.2 Å². The van der Waals surface area contributed by atoms with E-state index in [-0.39, 0.29) is 11.1 Å². The molecular weight excluding hydrogens is 395 g/mol. The minimum Gasteiger partial charge on any atom is -0.391 e. The summed E-state index contributed by atoms with van der Waals surface area (Å²) in [7, 11) is 0. The topological polar surface area (TPSA) is 78.4 Å². The number of benzene rings is 1. The van der Waals surface area contributed by atoms with Gasteiger partial charge in [-0.15, -0.1) is 0 Å². The number of nitrogens with zero attached hydrogens (tertiary/aromatic N) is 3. The highest BCUT2D eigenvalue weighted by Gasteiger charge is 2.27. The van der Waals surface area contributed by atoms with Crippen molar-refractivity contribution in [2.75, 3.05) is 6.54 Å². The smallest absolute Gasteiger partial charge is 0.318 e. The minimum absolute atomic E-state index is 0.0521. The zero-order valence-corrected chi connectivity index (χ0v) is 17.6. The van der Waals surface area contributed by atoms with Gasteiger partial charge in [0.05, 0.1) is 29.4 Å². The molecule has 2 amide bonds. The van der Waals surface area contributed by atoms with Crippen molar-refractivity contribution < 1.29 is 14.3 Å². The van der Waals surface area contributed by atoms with Crippen molar-refractivity contribution in [3.8, 4) is 0 Å². The maximum absolute atomic E-state index is 13.5. The van der Waals surface area contributed by atoms with E-state index in [1.54, 1.807) is 11.8 Å². The summed E-state index contributed by atoms with van der Waals surface area (Å²) in [6, 6.07) is 3.14. The summed E-state index contributed by atoms with van der Waals surface area (Å²) in [5.74, 6) is 0.685. The van der Waals surface area contributed by atoms with Crippen molar-refractivity contribution in [3.05, 3.63) is 57.9 Å². The molecule has 0 saturated carbocycles. The number of hydrogen-bond donors (Lipinski definition) is 2. The van der Waals surface area contributed by atoms with Crippen LogP contribution in [0.2, 0.25) is 5.02 Å². The first kappa shape index (κ1) is 21.5. The molecule has 6 nitrogen and oxygen atoms in total. The Bertz CT molecular complexity index is 891. The summed E-state index contributed by atoms with van der Waals surface area (Å²) >= 11 is 5.86. The predicted molar refractivity (Wildman–Crippen MR) is 109 cm³/mol. The molecular formula is C21H26ClFN4O2. The van der Waals surface area contributed by atoms with Gasteiger partial charge >= 0.3 is 6.03 Å². The second kappa shape index (κ2) is 9.05. The highest BCUT2D eigenvalue weighted by molar-refractivity contribution is 6.30. The van der Waals surface area contributed by atoms with Crippen LogP contribution >= 0.6 is 11.6 Å². The summed E-state index contributed by atoms with van der Waals surface area (Å²) < 4.78 is 13.5. The van der Waals surface area contributed by atoms with Crippen LogP contribution in [0.25, 0.3) is 0 Å². The van der Waals surface area contributed by atoms with Gasteiger partial charge in [0, 0.05) is 19.2 Å². The number of halogens is 2. The molecule has 1 aliphatic rings. The molecule has 1 aliphatic heterocycles. The molecule has 2 N–H and O–H groups in total. The van der Waals surface area contributed by atoms with Crippen molar-refractivity contribution in [3.63, 3.8) is 0 Å². The largest absolute Gasteiger partial charge is 0.391 e. The molecule has 1 aromatic carbocycles. The maximum atomic E-state index is 13.5. The van der Waals surface area contributed by atoms with Crippen molar-refractivity contribution in [2.24, 2.45) is 5.92 Å². The molecule has 0 radical (unpaired) electrons. The Hall–Kier alpha value is -2.25. The Morgan fingerprint density at radius 2 is 2.14 bits per heavy atom. The molecule has 2 heterocycles. The molecule has 3 rings (SSSR count). The van der Waals surface area contributed by atoms with E-state index in [0.717, 1.165) is 23.5 Å². The fourth-order valence-electron chi connectivity index (χ4n) is 3.39. The Balaban J connectivity index is 1.73. The number of carbonyl (C=O) groups is 1. The van der Waals surface area contributed by atoms with Crippen LogP contribution < -0.4 is 5.32 Å². The SMILES string of the molecule is CC(C)Cc1ncc2c(n1)CN(C(=O)N[C@@H](c1ccc(F)c(Cl)c1)[C@@H](C)O)CC2. The summed E-state index contributed by atoms with van der Waals surface area (Å²) in [5, 5.41) is 12.9. The molecule has 8 heteroatoms. The third kappa shape index (κ3) is 5.22. The van der Waals surface area contributed by atoms with E-state index in [4.69, 9.17) is 11.6 Å². The summed E-state index contributed by atoms with van der Waals surface area (Å²) in [6.45, 7) is 6.70. The number of hydrogen-bond acceptors (Lipinski definition) is 4. The number of aliphatic hydroxyl groups is 1. The monoisotopic (exact) mass is 420 g/mol. The second-order valence-electron chi connectivity index (χ2n) is 7.87. The second-order valence-corrected chi connectivity index (χ2v) is 8.28. The highest BCUT2D eigenvalue weighted by Crippen LogP contribution is 2.24. The fourth-order valence-corrected chi connectivity index (χ4v) is 3.58. The van der Waals surface area contributed by atoms with Gasteiger partial charge in [-0.1, -0.05) is 31.5 Å². The fraction of sp³-hybridized carbons (Fsp3) is 0.476. The average molecular weight is 421 g/mol. The van der Waals surface area contributed by atoms with Gasteiger partial charge in [0.1, 0.15) is 11.6 Å². The van der Waals surface area contributed by atoms with E-state index in [1.807, 2.05) is 6.20 Å². The first-order valence-corrected chi connectivity index (χ1v) is 10.1. The average Bonchev–Trinajstić information content (AvgIpc) is 2.67. The van der Waals surface area contributed by atoms with E-state index < -0.39 is 18.0 Å². The van der Waals surface area contributed by atoms with Gasteiger partial charge in [-0.05, 0) is 42.5 Å². The van der Waals surface area contributed by atoms with Gasteiger partial charge in [-0.3, -0.25) is 0 Å². The Morgan fingerprint density at radius 1 is 1.38 bits per heavy atom. The third-order valence-corrected chi connectivity index (χ3v) is 5.23. The number of amides is 2. The molecule has 0 unspecified atom stereocenters. The molecule has 0 bridgehead atoms. The van der Waals surface area contributed by atoms with E-state index in [9.17, 15) is 14.3 Å². The van der Waals surface area contributed by atoms with Crippen LogP contribution in [0.5, 0.6) is 0 Å². The van der Waals surface area contributed by atoms with E-state index in [0.29, 0.717) is 31.0 Å². The quantitative estimate of drug-likeness (QED) is 0.773. The predicted octanol–water partition coefficient (Wildman–Crippen LogP) is 3.66. The van der Waals surface area contributed by atoms with E-state index in [2.05, 4.69) is 29.1 Å². The van der Waals surface area contributed by atoms with Gasteiger partial charge in [-0.2, -0.15) is 0 Å². The van der Waals surface area contributed by atoms with Crippen LogP contribution in [0.1, 0.15) is 49.5 Å². The van der Waals surface area contributed by atoms with Gasteiger partial charge in [0.2, 0.25) is 0 Å². The van der Waals surface area contributed by atoms with Crippen molar-refractivity contribution in [1.82, 2.24) is 20.2 Å². The van der Waals surface area contributed by atoms with Gasteiger partial charge < -0.3 is 15.3 Å². The van der Waals surface area contributed by atoms with Crippen molar-refractivity contribution >= 4 is 17.6 Å². The highest BCUT2D eigenvalue weighted by atomic mass is 35.5. The zero-order chi connectivity index (χ0) is 21.1. The first-order chi connectivity index (χ1) is 13.7. The summed E-state index contributed by atoms with van der Waals surface area (Å²) in [5.41, 5.74) is 2.45. The number of aromatic nitrogens is 2. The third-order valence-electron chi connectivity index (χ3n) is 4.94. The van der Waals surface area contributed by atoms with E-state index in [1.165, 1.54) is 18.2 Å². The van der Waals surface area contributed by atoms with Crippen molar-refractivity contribution in [1.29, 1.82) is 0 Å². The number of rotatable bonds is 5. The Morgan fingerprint density at radius 3 is 2.79 bits per heavy atom. The Labute approximate surface area is 175 Å². The molecule has 2 aromatic rings. The number of carbonyl (C=O) groups excluding carboxylic acids is 1. The summed E-state index contributed by atoms with van der Waals surface area (Å²) in [6.07, 6.45) is 2.44. The molecule has 0 aliphatic carbocycles. The number of fused-ring (bicyclic) bond motifs is 1. The van der Waals surface area contributed by atoms with Gasteiger partial charge in [0.25, 0.3) is 0 Å².